The van der Waals surface area contributed by atoms with Crippen molar-refractivity contribution in [1.82, 2.24) is 4.98 Å². The minimum atomic E-state index is 0. The van der Waals surface area contributed by atoms with Crippen molar-refractivity contribution in [2.45, 2.75) is 13.8 Å². The van der Waals surface area contributed by atoms with E-state index in [2.05, 4.69) is 11.2 Å². The van der Waals surface area contributed by atoms with Gasteiger partial charge in [0.05, 0.1) is 0 Å². The molecule has 1 rings (SSSR count). The molecule has 0 amide bonds. The van der Waals surface area contributed by atoms with E-state index < -0.39 is 0 Å². The average Bonchev–Trinajstić information content (AvgIpc) is 1.80. The topological polar surface area (TPSA) is 33.1 Å². The summed E-state index contributed by atoms with van der Waals surface area (Å²) >= 11 is 0. The van der Waals surface area contributed by atoms with Gasteiger partial charge in [-0.3, -0.25) is 0 Å². The average molecular weight is 306 g/mol. The number of rotatable bonds is 0. The molecule has 0 fully saturated rings. The first-order valence-electron chi connectivity index (χ1n) is 2.75. The van der Waals surface area contributed by atoms with Crippen LogP contribution in [0.5, 0.6) is 5.75 Å². The fourth-order valence-electron chi connectivity index (χ4n) is 0.571. The SMILES string of the molecule is Cc1[c-]nc(C)c(O)c1.[W]. The van der Waals surface area contributed by atoms with Crippen molar-refractivity contribution < 1.29 is 26.2 Å². The van der Waals surface area contributed by atoms with Crippen LogP contribution in [0.15, 0.2) is 6.07 Å². The number of aromatic hydroxyl groups is 1. The number of nitrogens with zero attached hydrogens (tertiary/aromatic N) is 1. The molecule has 0 saturated carbocycles. The third-order valence-corrected chi connectivity index (χ3v) is 1.12. The zero-order valence-corrected chi connectivity index (χ0v) is 8.81. The Morgan fingerprint density at radius 1 is 1.50 bits per heavy atom. The Morgan fingerprint density at radius 3 is 2.50 bits per heavy atom. The molecule has 0 aliphatic heterocycles. The van der Waals surface area contributed by atoms with E-state index in [9.17, 15) is 0 Å². The summed E-state index contributed by atoms with van der Waals surface area (Å²) < 4.78 is 0. The summed E-state index contributed by atoms with van der Waals surface area (Å²) in [7, 11) is 0. The van der Waals surface area contributed by atoms with E-state index in [-0.39, 0.29) is 26.8 Å². The summed E-state index contributed by atoms with van der Waals surface area (Å²) in [5.41, 5.74) is 1.48. The van der Waals surface area contributed by atoms with E-state index in [1.54, 1.807) is 13.0 Å². The molecule has 0 spiro atoms. The maximum absolute atomic E-state index is 9.02. The molecule has 0 aromatic carbocycles. The van der Waals surface area contributed by atoms with Crippen molar-refractivity contribution in [2.24, 2.45) is 0 Å². The van der Waals surface area contributed by atoms with Crippen LogP contribution in [0.3, 0.4) is 0 Å². The fourth-order valence-corrected chi connectivity index (χ4v) is 0.571. The second-order valence-electron chi connectivity index (χ2n) is 2.02. The van der Waals surface area contributed by atoms with Crippen molar-refractivity contribution in [3.8, 4) is 5.75 Å². The summed E-state index contributed by atoms with van der Waals surface area (Å²) in [5, 5.41) is 9.02. The van der Waals surface area contributed by atoms with Crippen molar-refractivity contribution in [3.05, 3.63) is 23.5 Å². The Labute approximate surface area is 74.6 Å². The number of pyridine rings is 1. The summed E-state index contributed by atoms with van der Waals surface area (Å²) in [6, 6.07) is 1.64. The molecule has 54 valence electrons. The van der Waals surface area contributed by atoms with Gasteiger partial charge in [0.25, 0.3) is 0 Å². The van der Waals surface area contributed by atoms with Crippen molar-refractivity contribution in [3.63, 3.8) is 0 Å². The van der Waals surface area contributed by atoms with E-state index in [0.717, 1.165) is 5.56 Å². The second-order valence-corrected chi connectivity index (χ2v) is 2.02. The number of aryl methyl sites for hydroxylation is 2. The van der Waals surface area contributed by atoms with Crippen molar-refractivity contribution in [1.29, 1.82) is 0 Å². The van der Waals surface area contributed by atoms with Crippen LogP contribution in [0.25, 0.3) is 0 Å². The molecule has 0 atom stereocenters. The molecular weight excluding hydrogens is 298 g/mol. The Kier molecular flexibility index (Phi) is 3.59. The van der Waals surface area contributed by atoms with Crippen LogP contribution in [-0.2, 0) is 21.1 Å². The molecule has 10 heavy (non-hydrogen) atoms. The Morgan fingerprint density at radius 2 is 2.10 bits per heavy atom. The van der Waals surface area contributed by atoms with E-state index in [0.29, 0.717) is 5.69 Å². The zero-order chi connectivity index (χ0) is 6.85. The first-order valence-corrected chi connectivity index (χ1v) is 2.75. The van der Waals surface area contributed by atoms with Crippen LogP contribution in [-0.4, -0.2) is 10.1 Å². The van der Waals surface area contributed by atoms with Gasteiger partial charge in [0.1, 0.15) is 0 Å². The molecule has 1 aromatic rings. The predicted octanol–water partition coefficient (Wildman–Crippen LogP) is 1.20. The molecule has 3 heteroatoms. The van der Waals surface area contributed by atoms with E-state index in [1.807, 2.05) is 6.92 Å². The van der Waals surface area contributed by atoms with Gasteiger partial charge < -0.3 is 10.1 Å². The van der Waals surface area contributed by atoms with Crippen molar-refractivity contribution >= 4 is 0 Å². The first kappa shape index (κ1) is 9.64. The van der Waals surface area contributed by atoms with Gasteiger partial charge >= 0.3 is 0 Å². The second kappa shape index (κ2) is 3.72. The summed E-state index contributed by atoms with van der Waals surface area (Å²) in [4.78, 5) is 3.80. The van der Waals surface area contributed by atoms with Crippen LogP contribution >= 0.6 is 0 Å². The molecule has 2 nitrogen and oxygen atoms in total. The Balaban J connectivity index is 0.000000810. The third kappa shape index (κ3) is 2.11. The fraction of sp³-hybridized carbons (Fsp3) is 0.286. The van der Waals surface area contributed by atoms with Gasteiger partial charge in [0, 0.05) is 26.8 Å². The van der Waals surface area contributed by atoms with E-state index in [4.69, 9.17) is 5.11 Å². The molecule has 0 radical (unpaired) electrons. The summed E-state index contributed by atoms with van der Waals surface area (Å²) in [6.45, 7) is 3.58. The maximum atomic E-state index is 9.02. The summed E-state index contributed by atoms with van der Waals surface area (Å²) in [6.07, 6.45) is 2.73. The Bertz CT molecular complexity index is 225. The number of aromatic nitrogens is 1. The normalized spacial score (nSPS) is 8.60. The minimum Gasteiger partial charge on any atom is -0.532 e. The van der Waals surface area contributed by atoms with Crippen LogP contribution < -0.4 is 0 Å². The van der Waals surface area contributed by atoms with E-state index >= 15 is 0 Å². The van der Waals surface area contributed by atoms with Gasteiger partial charge in [-0.1, -0.05) is 20.0 Å². The molecule has 1 heterocycles. The van der Waals surface area contributed by atoms with Gasteiger partial charge in [0.2, 0.25) is 0 Å². The van der Waals surface area contributed by atoms with Crippen molar-refractivity contribution in [2.75, 3.05) is 0 Å². The molecule has 1 aromatic heterocycles. The first-order chi connectivity index (χ1) is 4.20. The largest absolute Gasteiger partial charge is 0.532 e. The molecular formula is C7H8NOW-. The minimum absolute atomic E-state index is 0. The Hall–Kier alpha value is -0.362. The molecule has 1 N–H and O–H groups in total. The van der Waals surface area contributed by atoms with Crippen LogP contribution in [0.4, 0.5) is 0 Å². The van der Waals surface area contributed by atoms with Crippen LogP contribution in [0.1, 0.15) is 11.3 Å². The quantitative estimate of drug-likeness (QED) is 0.731. The van der Waals surface area contributed by atoms with Crippen LogP contribution in [0.2, 0.25) is 0 Å². The molecule has 0 bridgehead atoms. The molecule has 0 aliphatic rings. The standard InChI is InChI=1S/C7H8NO.W/c1-5-3-7(9)6(2)8-4-5;/h3,9H,1-2H3;/q-1;. The summed E-state index contributed by atoms with van der Waals surface area (Å²) in [5.74, 6) is 0.242. The number of hydrogen-bond donors (Lipinski definition) is 1. The monoisotopic (exact) mass is 306 g/mol. The van der Waals surface area contributed by atoms with Gasteiger partial charge in [-0.05, 0) is 5.69 Å². The molecule has 0 unspecified atom stereocenters. The molecule has 0 saturated heterocycles. The zero-order valence-electron chi connectivity index (χ0n) is 5.88. The van der Waals surface area contributed by atoms with Crippen LogP contribution in [0, 0.1) is 20.0 Å². The van der Waals surface area contributed by atoms with Gasteiger partial charge in [-0.15, -0.1) is 11.6 Å². The van der Waals surface area contributed by atoms with Gasteiger partial charge in [0.15, 0.2) is 0 Å². The maximum Gasteiger partial charge on any atom is 0.0288 e. The van der Waals surface area contributed by atoms with Gasteiger partial charge in [-0.2, -0.15) is 0 Å². The number of hydrogen-bond acceptors (Lipinski definition) is 2. The smallest absolute Gasteiger partial charge is 0.0288 e. The third-order valence-electron chi connectivity index (χ3n) is 1.12. The van der Waals surface area contributed by atoms with Gasteiger partial charge in [-0.25, -0.2) is 0 Å². The van der Waals surface area contributed by atoms with E-state index in [1.165, 1.54) is 0 Å². The predicted molar refractivity (Wildman–Crippen MR) is 34.2 cm³/mol. The molecule has 0 aliphatic carbocycles.